The maximum absolute atomic E-state index is 12.7. The Balaban J connectivity index is 2.67. The van der Waals surface area contributed by atoms with Gasteiger partial charge in [-0.3, -0.25) is 0 Å². The molecule has 2 rings (SSSR count). The van der Waals surface area contributed by atoms with Crippen LogP contribution in [0.4, 0.5) is 4.39 Å². The second kappa shape index (κ2) is 2.83. The van der Waals surface area contributed by atoms with Crippen molar-refractivity contribution in [1.82, 2.24) is 4.98 Å². The van der Waals surface area contributed by atoms with Crippen LogP contribution in [-0.4, -0.2) is 4.98 Å². The van der Waals surface area contributed by atoms with E-state index < -0.39 is 0 Å². The van der Waals surface area contributed by atoms with E-state index in [-0.39, 0.29) is 5.82 Å². The SMILES string of the molecule is C[CH]c1nc2ccc(F)cc2s1. The molecular formula is C9H7FNS. The highest BCUT2D eigenvalue weighted by Crippen LogP contribution is 2.23. The molecule has 3 heteroatoms. The number of nitrogens with zero attached hydrogens (tertiary/aromatic N) is 1. The summed E-state index contributed by atoms with van der Waals surface area (Å²) in [6, 6.07) is 4.65. The predicted octanol–water partition coefficient (Wildman–Crippen LogP) is 3.01. The molecule has 0 amide bonds. The van der Waals surface area contributed by atoms with Gasteiger partial charge in [0.1, 0.15) is 5.82 Å². The van der Waals surface area contributed by atoms with Crippen LogP contribution in [0, 0.1) is 12.2 Å². The highest BCUT2D eigenvalue weighted by Gasteiger charge is 2.02. The fraction of sp³-hybridized carbons (Fsp3) is 0.111. The van der Waals surface area contributed by atoms with Crippen molar-refractivity contribution in [3.8, 4) is 0 Å². The molecule has 0 spiro atoms. The quantitative estimate of drug-likeness (QED) is 0.657. The Morgan fingerprint density at radius 1 is 1.50 bits per heavy atom. The summed E-state index contributed by atoms with van der Waals surface area (Å²) in [5.74, 6) is -0.200. The third-order valence-electron chi connectivity index (χ3n) is 1.61. The number of aromatic nitrogens is 1. The molecule has 0 unspecified atom stereocenters. The first kappa shape index (κ1) is 7.68. The molecule has 61 valence electrons. The summed E-state index contributed by atoms with van der Waals surface area (Å²) in [6.45, 7) is 1.92. The molecule has 1 aromatic carbocycles. The molecule has 0 fully saturated rings. The Labute approximate surface area is 73.9 Å². The van der Waals surface area contributed by atoms with Crippen LogP contribution in [0.3, 0.4) is 0 Å². The third kappa shape index (κ3) is 1.20. The minimum absolute atomic E-state index is 0.200. The van der Waals surface area contributed by atoms with Crippen molar-refractivity contribution in [1.29, 1.82) is 0 Å². The van der Waals surface area contributed by atoms with Crippen molar-refractivity contribution in [3.63, 3.8) is 0 Å². The van der Waals surface area contributed by atoms with E-state index in [0.29, 0.717) is 0 Å². The normalized spacial score (nSPS) is 10.8. The van der Waals surface area contributed by atoms with Crippen LogP contribution in [0.15, 0.2) is 18.2 Å². The first-order valence-corrected chi connectivity index (χ1v) is 4.46. The van der Waals surface area contributed by atoms with Crippen molar-refractivity contribution in [2.24, 2.45) is 0 Å². The van der Waals surface area contributed by atoms with Gasteiger partial charge in [0.05, 0.1) is 15.2 Å². The van der Waals surface area contributed by atoms with Gasteiger partial charge in [-0.05, 0) is 18.2 Å². The molecule has 0 aliphatic rings. The third-order valence-corrected chi connectivity index (χ3v) is 2.70. The molecule has 12 heavy (non-hydrogen) atoms. The van der Waals surface area contributed by atoms with Crippen LogP contribution >= 0.6 is 11.3 Å². The summed E-state index contributed by atoms with van der Waals surface area (Å²) < 4.78 is 13.6. The second-order valence-electron chi connectivity index (χ2n) is 2.45. The lowest BCUT2D eigenvalue weighted by molar-refractivity contribution is 0.630. The number of fused-ring (bicyclic) bond motifs is 1. The van der Waals surface area contributed by atoms with E-state index in [0.717, 1.165) is 15.2 Å². The summed E-state index contributed by atoms with van der Waals surface area (Å²) in [7, 11) is 0. The fourth-order valence-corrected chi connectivity index (χ4v) is 1.92. The molecule has 2 aromatic rings. The topological polar surface area (TPSA) is 12.9 Å². The Kier molecular flexibility index (Phi) is 1.81. The van der Waals surface area contributed by atoms with Gasteiger partial charge in [-0.2, -0.15) is 0 Å². The summed E-state index contributed by atoms with van der Waals surface area (Å²) in [4.78, 5) is 4.27. The molecule has 0 saturated heterocycles. The molecule has 0 N–H and O–H groups in total. The van der Waals surface area contributed by atoms with Gasteiger partial charge in [0.25, 0.3) is 0 Å². The number of rotatable bonds is 1. The first-order valence-electron chi connectivity index (χ1n) is 3.65. The van der Waals surface area contributed by atoms with Crippen molar-refractivity contribution < 1.29 is 4.39 Å². The van der Waals surface area contributed by atoms with Crippen LogP contribution < -0.4 is 0 Å². The zero-order chi connectivity index (χ0) is 8.55. The number of thiazole rings is 1. The minimum atomic E-state index is -0.200. The van der Waals surface area contributed by atoms with Gasteiger partial charge < -0.3 is 0 Å². The van der Waals surface area contributed by atoms with E-state index in [4.69, 9.17) is 0 Å². The van der Waals surface area contributed by atoms with Gasteiger partial charge >= 0.3 is 0 Å². The maximum Gasteiger partial charge on any atom is 0.124 e. The molecule has 0 aliphatic heterocycles. The van der Waals surface area contributed by atoms with E-state index in [1.807, 2.05) is 13.3 Å². The smallest absolute Gasteiger partial charge is 0.124 e. The summed E-state index contributed by atoms with van der Waals surface area (Å²) in [6.07, 6.45) is 1.92. The summed E-state index contributed by atoms with van der Waals surface area (Å²) >= 11 is 1.50. The van der Waals surface area contributed by atoms with Crippen LogP contribution in [0.1, 0.15) is 11.9 Å². The second-order valence-corrected chi connectivity index (χ2v) is 3.52. The van der Waals surface area contributed by atoms with Crippen LogP contribution in [0.25, 0.3) is 10.2 Å². The van der Waals surface area contributed by atoms with Crippen molar-refractivity contribution in [3.05, 3.63) is 35.4 Å². The van der Waals surface area contributed by atoms with E-state index in [9.17, 15) is 4.39 Å². The lowest BCUT2D eigenvalue weighted by Crippen LogP contribution is -1.73. The van der Waals surface area contributed by atoms with Gasteiger partial charge in [0.2, 0.25) is 0 Å². The van der Waals surface area contributed by atoms with Crippen molar-refractivity contribution in [2.75, 3.05) is 0 Å². The van der Waals surface area contributed by atoms with Crippen molar-refractivity contribution in [2.45, 2.75) is 6.92 Å². The Bertz CT molecular complexity index is 408. The lowest BCUT2D eigenvalue weighted by atomic mass is 10.3. The molecule has 1 nitrogen and oxygen atoms in total. The molecule has 1 aromatic heterocycles. The predicted molar refractivity (Wildman–Crippen MR) is 48.7 cm³/mol. The standard InChI is InChI=1S/C9H7FNS/c1-2-9-11-7-4-3-6(10)5-8(7)12-9/h2-5H,1H3. The Morgan fingerprint density at radius 3 is 3.08 bits per heavy atom. The highest BCUT2D eigenvalue weighted by molar-refractivity contribution is 7.18. The minimum Gasteiger partial charge on any atom is -0.241 e. The van der Waals surface area contributed by atoms with E-state index in [1.54, 1.807) is 6.07 Å². The number of halogens is 1. The molecule has 0 bridgehead atoms. The van der Waals surface area contributed by atoms with E-state index in [2.05, 4.69) is 4.98 Å². The highest BCUT2D eigenvalue weighted by atomic mass is 32.1. The fourth-order valence-electron chi connectivity index (χ4n) is 1.04. The number of benzene rings is 1. The monoisotopic (exact) mass is 180 g/mol. The average molecular weight is 180 g/mol. The van der Waals surface area contributed by atoms with Crippen LogP contribution in [0.5, 0.6) is 0 Å². The molecule has 0 aliphatic carbocycles. The maximum atomic E-state index is 12.7. The van der Waals surface area contributed by atoms with Gasteiger partial charge in [-0.15, -0.1) is 11.3 Å². The molecule has 0 atom stereocenters. The average Bonchev–Trinajstić information content (AvgIpc) is 2.46. The summed E-state index contributed by atoms with van der Waals surface area (Å²) in [5, 5.41) is 0.940. The number of hydrogen-bond donors (Lipinski definition) is 0. The molecule has 1 radical (unpaired) electrons. The van der Waals surface area contributed by atoms with Crippen molar-refractivity contribution >= 4 is 21.6 Å². The Hall–Kier alpha value is -0.960. The zero-order valence-electron chi connectivity index (χ0n) is 6.54. The Morgan fingerprint density at radius 2 is 2.33 bits per heavy atom. The van der Waals surface area contributed by atoms with Gasteiger partial charge in [-0.1, -0.05) is 6.92 Å². The molecule has 1 heterocycles. The van der Waals surface area contributed by atoms with Gasteiger partial charge in [0.15, 0.2) is 0 Å². The zero-order valence-corrected chi connectivity index (χ0v) is 7.36. The largest absolute Gasteiger partial charge is 0.241 e. The van der Waals surface area contributed by atoms with Crippen LogP contribution in [0.2, 0.25) is 0 Å². The van der Waals surface area contributed by atoms with E-state index >= 15 is 0 Å². The summed E-state index contributed by atoms with van der Waals surface area (Å²) in [5.41, 5.74) is 0.870. The van der Waals surface area contributed by atoms with E-state index in [1.165, 1.54) is 23.5 Å². The van der Waals surface area contributed by atoms with Gasteiger partial charge in [0, 0.05) is 6.42 Å². The first-order chi connectivity index (χ1) is 5.79. The van der Waals surface area contributed by atoms with Gasteiger partial charge in [-0.25, -0.2) is 9.37 Å². The molecular weight excluding hydrogens is 173 g/mol. The molecule has 0 saturated carbocycles. The van der Waals surface area contributed by atoms with Crippen LogP contribution in [-0.2, 0) is 0 Å². The number of hydrogen-bond acceptors (Lipinski definition) is 2. The lowest BCUT2D eigenvalue weighted by Gasteiger charge is -1.85.